The Morgan fingerprint density at radius 1 is 1.07 bits per heavy atom. The van der Waals surface area contributed by atoms with Crippen LogP contribution in [0.5, 0.6) is 0 Å². The Morgan fingerprint density at radius 2 is 1.73 bits per heavy atom. The van der Waals surface area contributed by atoms with E-state index in [1.54, 1.807) is 0 Å². The van der Waals surface area contributed by atoms with Crippen molar-refractivity contribution in [3.63, 3.8) is 0 Å². The van der Waals surface area contributed by atoms with Crippen LogP contribution in [0.3, 0.4) is 0 Å². The van der Waals surface area contributed by atoms with Crippen molar-refractivity contribution in [3.05, 3.63) is 35.9 Å². The van der Waals surface area contributed by atoms with Gasteiger partial charge in [-0.05, 0) is 30.7 Å². The van der Waals surface area contributed by atoms with Crippen LogP contribution in [0.15, 0.2) is 30.3 Å². The van der Waals surface area contributed by atoms with Crippen LogP contribution < -0.4 is 0 Å². The molecule has 1 aromatic rings. The number of hydrogen-bond acceptors (Lipinski definition) is 0. The molecule has 0 aromatic heterocycles. The van der Waals surface area contributed by atoms with Crippen molar-refractivity contribution in [1.29, 1.82) is 0 Å². The maximum atomic E-state index is 5.95. The summed E-state index contributed by atoms with van der Waals surface area (Å²) in [7, 11) is 0. The summed E-state index contributed by atoms with van der Waals surface area (Å²) in [4.78, 5) is -0.312. The van der Waals surface area contributed by atoms with Crippen molar-refractivity contribution in [2.45, 2.75) is 24.1 Å². The monoisotopic (exact) mass is 264 g/mol. The van der Waals surface area contributed by atoms with Gasteiger partial charge < -0.3 is 0 Å². The van der Waals surface area contributed by atoms with Crippen LogP contribution in [-0.2, 0) is 6.42 Å². The fourth-order valence-corrected chi connectivity index (χ4v) is 2.16. The summed E-state index contributed by atoms with van der Waals surface area (Å²) in [5.74, 6) is 0.973. The van der Waals surface area contributed by atoms with Gasteiger partial charge in [0.2, 0.25) is 0 Å². The van der Waals surface area contributed by atoms with Gasteiger partial charge in [0.25, 0.3) is 0 Å². The minimum absolute atomic E-state index is 0.300. The van der Waals surface area contributed by atoms with E-state index in [1.807, 2.05) is 18.2 Å². The zero-order valence-corrected chi connectivity index (χ0v) is 10.8. The molecule has 84 valence electrons. The maximum absolute atomic E-state index is 5.95. The minimum Gasteiger partial charge on any atom is -0.127 e. The number of benzene rings is 1. The van der Waals surface area contributed by atoms with Gasteiger partial charge in [-0.1, -0.05) is 30.3 Å². The van der Waals surface area contributed by atoms with E-state index in [4.69, 9.17) is 34.8 Å². The van der Waals surface area contributed by atoms with Gasteiger partial charge in [-0.3, -0.25) is 0 Å². The topological polar surface area (TPSA) is 0 Å². The highest BCUT2D eigenvalue weighted by Gasteiger charge is 2.16. The number of alkyl halides is 3. The predicted octanol–water partition coefficient (Wildman–Crippen LogP) is 4.67. The van der Waals surface area contributed by atoms with Crippen LogP contribution >= 0.6 is 34.8 Å². The van der Waals surface area contributed by atoms with Crippen molar-refractivity contribution in [2.75, 3.05) is 5.88 Å². The number of rotatable bonds is 6. The van der Waals surface area contributed by atoms with Gasteiger partial charge >= 0.3 is 0 Å². The zero-order chi connectivity index (χ0) is 11.1. The maximum Gasteiger partial charge on any atom is 0.110 e. The van der Waals surface area contributed by atoms with Gasteiger partial charge in [-0.15, -0.1) is 34.8 Å². The first kappa shape index (κ1) is 13.2. The molecule has 0 aliphatic rings. The average Bonchev–Trinajstić information content (AvgIpc) is 2.25. The van der Waals surface area contributed by atoms with Gasteiger partial charge in [-0.2, -0.15) is 0 Å². The standard InChI is InChI=1S/C12H15Cl3/c13-8-4-7-11(12(14)15)9-10-5-2-1-3-6-10/h1-3,5-6,11-12H,4,7-9H2. The Balaban J connectivity index is 2.51. The third kappa shape index (κ3) is 5.10. The van der Waals surface area contributed by atoms with Crippen molar-refractivity contribution < 1.29 is 0 Å². The lowest BCUT2D eigenvalue weighted by molar-refractivity contribution is 0.509. The normalized spacial score (nSPS) is 13.1. The summed E-state index contributed by atoms with van der Waals surface area (Å²) in [6.45, 7) is 0. The summed E-state index contributed by atoms with van der Waals surface area (Å²) in [5, 5.41) is 0. The summed E-state index contributed by atoms with van der Waals surface area (Å²) in [6, 6.07) is 10.3. The Kier molecular flexibility index (Phi) is 6.47. The van der Waals surface area contributed by atoms with Gasteiger partial charge in [0.15, 0.2) is 0 Å². The highest BCUT2D eigenvalue weighted by atomic mass is 35.5. The number of halogens is 3. The smallest absolute Gasteiger partial charge is 0.110 e. The second kappa shape index (κ2) is 7.38. The molecule has 0 heterocycles. The molecule has 0 nitrogen and oxygen atoms in total. The number of hydrogen-bond donors (Lipinski definition) is 0. The molecule has 0 bridgehead atoms. The molecule has 1 aromatic carbocycles. The fraction of sp³-hybridized carbons (Fsp3) is 0.500. The fourth-order valence-electron chi connectivity index (χ4n) is 1.57. The highest BCUT2D eigenvalue weighted by Crippen LogP contribution is 2.24. The predicted molar refractivity (Wildman–Crippen MR) is 69.1 cm³/mol. The Hall–Kier alpha value is 0.0900. The molecule has 1 rings (SSSR count). The molecule has 3 heteroatoms. The summed E-state index contributed by atoms with van der Waals surface area (Å²) in [5.41, 5.74) is 1.28. The molecule has 1 unspecified atom stereocenters. The van der Waals surface area contributed by atoms with E-state index in [1.165, 1.54) is 5.56 Å². The second-order valence-electron chi connectivity index (χ2n) is 3.62. The lowest BCUT2D eigenvalue weighted by atomic mass is 9.97. The third-order valence-electron chi connectivity index (χ3n) is 2.41. The second-order valence-corrected chi connectivity index (χ2v) is 5.16. The van der Waals surface area contributed by atoms with Crippen molar-refractivity contribution in [1.82, 2.24) is 0 Å². The third-order valence-corrected chi connectivity index (χ3v) is 3.39. The summed E-state index contributed by atoms with van der Waals surface area (Å²) in [6.07, 6.45) is 2.88. The van der Waals surface area contributed by atoms with E-state index in [9.17, 15) is 0 Å². The van der Waals surface area contributed by atoms with Crippen LogP contribution in [-0.4, -0.2) is 10.7 Å². The SMILES string of the molecule is ClCCCC(Cc1ccccc1)C(Cl)Cl. The van der Waals surface area contributed by atoms with E-state index >= 15 is 0 Å². The van der Waals surface area contributed by atoms with Crippen LogP contribution in [0.2, 0.25) is 0 Å². The van der Waals surface area contributed by atoms with Crippen molar-refractivity contribution >= 4 is 34.8 Å². The van der Waals surface area contributed by atoms with Crippen LogP contribution in [0.4, 0.5) is 0 Å². The molecule has 1 atom stereocenters. The van der Waals surface area contributed by atoms with E-state index in [2.05, 4.69) is 12.1 Å². The quantitative estimate of drug-likeness (QED) is 0.656. The molecule has 0 aliphatic heterocycles. The molecule has 0 saturated carbocycles. The first-order valence-electron chi connectivity index (χ1n) is 5.12. The highest BCUT2D eigenvalue weighted by molar-refractivity contribution is 6.44. The van der Waals surface area contributed by atoms with Gasteiger partial charge in [0.05, 0.1) is 0 Å². The molecule has 0 aliphatic carbocycles. The van der Waals surface area contributed by atoms with Crippen LogP contribution in [0, 0.1) is 5.92 Å². The van der Waals surface area contributed by atoms with E-state index in [0.717, 1.165) is 19.3 Å². The van der Waals surface area contributed by atoms with Gasteiger partial charge in [-0.25, -0.2) is 0 Å². The van der Waals surface area contributed by atoms with Gasteiger partial charge in [0, 0.05) is 5.88 Å². The van der Waals surface area contributed by atoms with E-state index < -0.39 is 0 Å². The lowest BCUT2D eigenvalue weighted by Crippen LogP contribution is -2.13. The van der Waals surface area contributed by atoms with Crippen molar-refractivity contribution in [2.24, 2.45) is 5.92 Å². The Labute approximate surface area is 107 Å². The minimum atomic E-state index is -0.312. The molecule has 0 radical (unpaired) electrons. The largest absolute Gasteiger partial charge is 0.127 e. The molecule has 0 amide bonds. The molecular weight excluding hydrogens is 250 g/mol. The van der Waals surface area contributed by atoms with Crippen molar-refractivity contribution in [3.8, 4) is 0 Å². The molecule has 0 saturated heterocycles. The Morgan fingerprint density at radius 3 is 2.27 bits per heavy atom. The van der Waals surface area contributed by atoms with E-state index in [-0.39, 0.29) is 4.84 Å². The molecule has 0 spiro atoms. The van der Waals surface area contributed by atoms with E-state index in [0.29, 0.717) is 11.8 Å². The first-order chi connectivity index (χ1) is 7.24. The zero-order valence-electron chi connectivity index (χ0n) is 8.50. The average molecular weight is 266 g/mol. The lowest BCUT2D eigenvalue weighted by Gasteiger charge is -2.17. The van der Waals surface area contributed by atoms with Gasteiger partial charge in [0.1, 0.15) is 4.84 Å². The first-order valence-corrected chi connectivity index (χ1v) is 6.53. The Bertz CT molecular complexity index is 259. The molecule has 0 N–H and O–H groups in total. The molecule has 15 heavy (non-hydrogen) atoms. The summed E-state index contributed by atoms with van der Waals surface area (Å²) < 4.78 is 0. The van der Waals surface area contributed by atoms with Crippen LogP contribution in [0.1, 0.15) is 18.4 Å². The molecular formula is C12H15Cl3. The summed E-state index contributed by atoms with van der Waals surface area (Å²) >= 11 is 17.6. The molecule has 0 fully saturated rings. The van der Waals surface area contributed by atoms with Crippen LogP contribution in [0.25, 0.3) is 0 Å².